The molecule has 0 amide bonds. The van der Waals surface area contributed by atoms with Gasteiger partial charge in [-0.1, -0.05) is 13.8 Å². The highest BCUT2D eigenvalue weighted by Crippen LogP contribution is 2.24. The average Bonchev–Trinajstić information content (AvgIpc) is 2.71. The summed E-state index contributed by atoms with van der Waals surface area (Å²) < 4.78 is 1.19. The molecule has 92 valence electrons. The molecule has 1 heterocycles. The van der Waals surface area contributed by atoms with E-state index in [0.29, 0.717) is 6.04 Å². The van der Waals surface area contributed by atoms with Gasteiger partial charge in [0.05, 0.1) is 0 Å². The number of hydrogen-bond donors (Lipinski definition) is 1. The van der Waals surface area contributed by atoms with E-state index in [9.17, 15) is 0 Å². The van der Waals surface area contributed by atoms with Crippen molar-refractivity contribution in [2.24, 2.45) is 0 Å². The fourth-order valence-electron chi connectivity index (χ4n) is 1.63. The van der Waals surface area contributed by atoms with E-state index in [2.05, 4.69) is 58.4 Å². The lowest BCUT2D eigenvalue weighted by atomic mass is 10.3. The number of nitrogens with one attached hydrogen (secondary N) is 1. The van der Waals surface area contributed by atoms with E-state index in [4.69, 9.17) is 0 Å². The van der Waals surface area contributed by atoms with E-state index in [-0.39, 0.29) is 0 Å². The molecule has 4 heteroatoms. The molecule has 1 unspecified atom stereocenters. The zero-order valence-corrected chi connectivity index (χ0v) is 12.7. The number of hydrogen-bond acceptors (Lipinski definition) is 3. The number of rotatable bonds is 7. The van der Waals surface area contributed by atoms with Crippen LogP contribution in [0.3, 0.4) is 0 Å². The Bertz CT molecular complexity index is 297. The maximum absolute atomic E-state index is 3.56. The maximum atomic E-state index is 3.56. The quantitative estimate of drug-likeness (QED) is 0.829. The number of halogens is 1. The van der Waals surface area contributed by atoms with Crippen LogP contribution in [0.1, 0.15) is 31.7 Å². The van der Waals surface area contributed by atoms with Gasteiger partial charge in [0.25, 0.3) is 0 Å². The molecular formula is C12H21BrN2S. The Morgan fingerprint density at radius 2 is 2.12 bits per heavy atom. The van der Waals surface area contributed by atoms with Crippen molar-refractivity contribution in [2.45, 2.75) is 26.8 Å². The molecule has 16 heavy (non-hydrogen) atoms. The zero-order valence-electron chi connectivity index (χ0n) is 10.3. The van der Waals surface area contributed by atoms with E-state index in [1.807, 2.05) is 0 Å². The first-order chi connectivity index (χ1) is 7.67. The molecule has 0 saturated carbocycles. The molecule has 0 spiro atoms. The summed E-state index contributed by atoms with van der Waals surface area (Å²) in [4.78, 5) is 3.83. The van der Waals surface area contributed by atoms with Crippen molar-refractivity contribution in [1.82, 2.24) is 10.2 Å². The van der Waals surface area contributed by atoms with Crippen molar-refractivity contribution >= 4 is 27.3 Å². The highest BCUT2D eigenvalue weighted by Gasteiger charge is 2.07. The maximum Gasteiger partial charge on any atom is 0.0386 e. The van der Waals surface area contributed by atoms with E-state index in [1.54, 1.807) is 11.3 Å². The van der Waals surface area contributed by atoms with Crippen molar-refractivity contribution in [2.75, 3.05) is 26.2 Å². The molecule has 1 atom stereocenters. The van der Waals surface area contributed by atoms with Crippen molar-refractivity contribution in [3.63, 3.8) is 0 Å². The Kier molecular flexibility index (Phi) is 6.58. The van der Waals surface area contributed by atoms with Crippen molar-refractivity contribution < 1.29 is 0 Å². The molecule has 0 aromatic carbocycles. The van der Waals surface area contributed by atoms with Crippen molar-refractivity contribution in [3.8, 4) is 0 Å². The van der Waals surface area contributed by atoms with Gasteiger partial charge in [-0.25, -0.2) is 0 Å². The summed E-state index contributed by atoms with van der Waals surface area (Å²) in [5.41, 5.74) is 0. The molecule has 0 aliphatic rings. The van der Waals surface area contributed by atoms with E-state index < -0.39 is 0 Å². The molecule has 0 aliphatic carbocycles. The van der Waals surface area contributed by atoms with Crippen LogP contribution in [0.4, 0.5) is 0 Å². The Labute approximate surface area is 111 Å². The predicted octanol–water partition coefficient (Wildman–Crippen LogP) is 3.50. The molecule has 0 saturated heterocycles. The third-order valence-corrected chi connectivity index (χ3v) is 4.66. The standard InChI is InChI=1S/C12H21BrN2S/c1-4-15(5-2)7-6-14-10(3)12-8-11(13)9-16-12/h8-10,14H,4-7H2,1-3H3. The van der Waals surface area contributed by atoms with Crippen LogP contribution in [-0.4, -0.2) is 31.1 Å². The molecule has 1 rings (SSSR count). The van der Waals surface area contributed by atoms with Crippen LogP contribution in [0.2, 0.25) is 0 Å². The van der Waals surface area contributed by atoms with Gasteiger partial charge in [-0.05, 0) is 42.0 Å². The Balaban J connectivity index is 2.27. The SMILES string of the molecule is CCN(CC)CCNC(C)c1cc(Br)cs1. The molecular weight excluding hydrogens is 284 g/mol. The average molecular weight is 305 g/mol. The monoisotopic (exact) mass is 304 g/mol. The molecule has 0 aliphatic heterocycles. The Morgan fingerprint density at radius 1 is 1.44 bits per heavy atom. The Hall–Kier alpha value is 0.1000. The van der Waals surface area contributed by atoms with Crippen LogP contribution in [0.5, 0.6) is 0 Å². The molecule has 2 nitrogen and oxygen atoms in total. The number of likely N-dealkylation sites (N-methyl/N-ethyl adjacent to an activating group) is 1. The summed E-state index contributed by atoms with van der Waals surface area (Å²) in [6, 6.07) is 2.64. The first-order valence-electron chi connectivity index (χ1n) is 5.87. The number of nitrogens with zero attached hydrogens (tertiary/aromatic N) is 1. The minimum Gasteiger partial charge on any atom is -0.308 e. The van der Waals surface area contributed by atoms with Crippen LogP contribution in [0.25, 0.3) is 0 Å². The van der Waals surface area contributed by atoms with Gasteiger partial charge in [0, 0.05) is 33.9 Å². The predicted molar refractivity (Wildman–Crippen MR) is 76.2 cm³/mol. The van der Waals surface area contributed by atoms with E-state index in [1.165, 1.54) is 9.35 Å². The summed E-state index contributed by atoms with van der Waals surface area (Å²) >= 11 is 5.29. The summed E-state index contributed by atoms with van der Waals surface area (Å²) in [6.45, 7) is 11.1. The summed E-state index contributed by atoms with van der Waals surface area (Å²) in [5.74, 6) is 0. The van der Waals surface area contributed by atoms with Gasteiger partial charge in [-0.15, -0.1) is 11.3 Å². The van der Waals surface area contributed by atoms with Gasteiger partial charge in [0.1, 0.15) is 0 Å². The first-order valence-corrected chi connectivity index (χ1v) is 7.54. The highest BCUT2D eigenvalue weighted by molar-refractivity contribution is 9.10. The lowest BCUT2D eigenvalue weighted by Crippen LogP contribution is -2.32. The molecule has 1 aromatic rings. The van der Waals surface area contributed by atoms with Crippen molar-refractivity contribution in [3.05, 3.63) is 20.8 Å². The van der Waals surface area contributed by atoms with Gasteiger partial charge >= 0.3 is 0 Å². The molecule has 1 aromatic heterocycles. The second kappa shape index (κ2) is 7.43. The molecule has 0 fully saturated rings. The van der Waals surface area contributed by atoms with E-state index >= 15 is 0 Å². The van der Waals surface area contributed by atoms with Gasteiger partial charge in [-0.3, -0.25) is 0 Å². The topological polar surface area (TPSA) is 15.3 Å². The second-order valence-corrected chi connectivity index (χ2v) is 5.73. The van der Waals surface area contributed by atoms with Gasteiger partial charge in [0.15, 0.2) is 0 Å². The largest absolute Gasteiger partial charge is 0.308 e. The molecule has 0 bridgehead atoms. The van der Waals surface area contributed by atoms with Crippen LogP contribution in [0.15, 0.2) is 15.9 Å². The second-order valence-electron chi connectivity index (χ2n) is 3.87. The van der Waals surface area contributed by atoms with E-state index in [0.717, 1.165) is 26.2 Å². The fraction of sp³-hybridized carbons (Fsp3) is 0.667. The van der Waals surface area contributed by atoms with Gasteiger partial charge in [0.2, 0.25) is 0 Å². The van der Waals surface area contributed by atoms with Gasteiger partial charge < -0.3 is 10.2 Å². The summed E-state index contributed by atoms with van der Waals surface area (Å²) in [6.07, 6.45) is 0. The highest BCUT2D eigenvalue weighted by atomic mass is 79.9. The van der Waals surface area contributed by atoms with Gasteiger partial charge in [-0.2, -0.15) is 0 Å². The van der Waals surface area contributed by atoms with Crippen LogP contribution in [0, 0.1) is 0 Å². The third-order valence-electron chi connectivity index (χ3n) is 2.79. The smallest absolute Gasteiger partial charge is 0.0386 e. The summed E-state index contributed by atoms with van der Waals surface area (Å²) in [5, 5.41) is 5.70. The normalized spacial score (nSPS) is 13.3. The third kappa shape index (κ3) is 4.53. The number of thiophene rings is 1. The van der Waals surface area contributed by atoms with Crippen LogP contribution >= 0.6 is 27.3 Å². The van der Waals surface area contributed by atoms with Crippen LogP contribution < -0.4 is 5.32 Å². The van der Waals surface area contributed by atoms with Crippen molar-refractivity contribution in [1.29, 1.82) is 0 Å². The minimum absolute atomic E-state index is 0.451. The zero-order chi connectivity index (χ0) is 12.0. The van der Waals surface area contributed by atoms with Crippen LogP contribution in [-0.2, 0) is 0 Å². The minimum atomic E-state index is 0.451. The Morgan fingerprint density at radius 3 is 2.62 bits per heavy atom. The molecule has 0 radical (unpaired) electrons. The fourth-order valence-corrected chi connectivity index (χ4v) is 3.11. The lowest BCUT2D eigenvalue weighted by molar-refractivity contribution is 0.298. The lowest BCUT2D eigenvalue weighted by Gasteiger charge is -2.19. The first kappa shape index (κ1) is 14.2. The molecule has 1 N–H and O–H groups in total. The summed E-state index contributed by atoms with van der Waals surface area (Å²) in [7, 11) is 0.